The van der Waals surface area contributed by atoms with Crippen molar-refractivity contribution < 1.29 is 0 Å². The number of benzene rings is 10. The van der Waals surface area contributed by atoms with Crippen molar-refractivity contribution in [1.82, 2.24) is 13.7 Å². The van der Waals surface area contributed by atoms with Crippen LogP contribution in [0.15, 0.2) is 255 Å². The molecule has 14 rings (SSSR count). The molecule has 0 radical (unpaired) electrons. The van der Waals surface area contributed by atoms with Gasteiger partial charge in [0.05, 0.1) is 27.6 Å². The van der Waals surface area contributed by atoms with Crippen molar-refractivity contribution in [3.8, 4) is 28.2 Å². The van der Waals surface area contributed by atoms with E-state index in [9.17, 15) is 0 Å². The Kier molecular flexibility index (Phi) is 9.36. The van der Waals surface area contributed by atoms with E-state index in [-0.39, 0.29) is 0 Å². The summed E-state index contributed by atoms with van der Waals surface area (Å²) < 4.78 is 7.40. The van der Waals surface area contributed by atoms with E-state index in [1.807, 2.05) is 0 Å². The molecular weight excluding hydrogens is 863 g/mol. The highest BCUT2D eigenvalue weighted by Crippen LogP contribution is 2.42. The number of para-hydroxylation sites is 4. The van der Waals surface area contributed by atoms with Crippen molar-refractivity contribution in [3.63, 3.8) is 0 Å². The SMILES string of the molecule is C1=Cc2c(n(-c3ccccc3)c3ccc(-c4ccc([Si](c5ccccc5)(c5ccccc5)c5cccc(-n6c7ccccc7c7c8c9ccccc9n(-c9ccccc9)c8ccc76)c5)cc4)cc23)CC1. The molecule has 0 saturated carbocycles. The Bertz CT molecular complexity index is 4100. The fraction of sp³-hybridized carbons (Fsp3) is 0.0303. The predicted octanol–water partition coefficient (Wildman–Crippen LogP) is 13.8. The molecule has 3 aromatic heterocycles. The Morgan fingerprint density at radius 1 is 0.314 bits per heavy atom. The van der Waals surface area contributed by atoms with Gasteiger partial charge in [-0.05, 0) is 118 Å². The topological polar surface area (TPSA) is 14.8 Å². The van der Waals surface area contributed by atoms with Crippen LogP contribution in [0.1, 0.15) is 17.7 Å². The van der Waals surface area contributed by atoms with Gasteiger partial charge in [0, 0.05) is 55.3 Å². The number of aromatic nitrogens is 3. The molecule has 0 unspecified atom stereocenters. The Balaban J connectivity index is 0.964. The largest absolute Gasteiger partial charge is 0.313 e. The van der Waals surface area contributed by atoms with Crippen molar-refractivity contribution in [1.29, 1.82) is 0 Å². The Morgan fingerprint density at radius 3 is 1.39 bits per heavy atom. The van der Waals surface area contributed by atoms with Gasteiger partial charge in [-0.1, -0.05) is 188 Å². The van der Waals surface area contributed by atoms with Crippen LogP contribution < -0.4 is 20.7 Å². The van der Waals surface area contributed by atoms with E-state index in [1.165, 1.54) is 103 Å². The summed E-state index contributed by atoms with van der Waals surface area (Å²) >= 11 is 0. The summed E-state index contributed by atoms with van der Waals surface area (Å²) in [4.78, 5) is 0. The predicted molar refractivity (Wildman–Crippen MR) is 298 cm³/mol. The summed E-state index contributed by atoms with van der Waals surface area (Å²) in [6, 6.07) is 92.9. The molecule has 4 heteroatoms. The monoisotopic (exact) mass is 909 g/mol. The van der Waals surface area contributed by atoms with Crippen molar-refractivity contribution in [2.24, 2.45) is 0 Å². The third kappa shape index (κ3) is 6.06. The maximum absolute atomic E-state index is 2.94. The zero-order chi connectivity index (χ0) is 46.2. The van der Waals surface area contributed by atoms with Crippen LogP contribution in [0.4, 0.5) is 0 Å². The first-order valence-corrected chi connectivity index (χ1v) is 26.5. The lowest BCUT2D eigenvalue weighted by molar-refractivity contribution is 0.888. The van der Waals surface area contributed by atoms with Crippen molar-refractivity contribution in [2.45, 2.75) is 12.8 Å². The molecule has 13 aromatic rings. The van der Waals surface area contributed by atoms with E-state index in [1.54, 1.807) is 0 Å². The number of nitrogens with zero attached hydrogens (tertiary/aromatic N) is 3. The fourth-order valence-electron chi connectivity index (χ4n) is 12.1. The summed E-state index contributed by atoms with van der Waals surface area (Å²) in [6.07, 6.45) is 6.76. The van der Waals surface area contributed by atoms with Gasteiger partial charge in [-0.25, -0.2) is 0 Å². The third-order valence-corrected chi connectivity index (χ3v) is 19.8. The molecule has 1 aliphatic rings. The summed E-state index contributed by atoms with van der Waals surface area (Å²) in [6.45, 7) is 0. The van der Waals surface area contributed by atoms with Gasteiger partial charge in [0.15, 0.2) is 8.07 Å². The van der Waals surface area contributed by atoms with Gasteiger partial charge >= 0.3 is 0 Å². The number of fused-ring (bicyclic) bond motifs is 10. The average molecular weight is 910 g/mol. The molecule has 330 valence electrons. The molecule has 0 saturated heterocycles. The van der Waals surface area contributed by atoms with Gasteiger partial charge < -0.3 is 13.7 Å². The highest BCUT2D eigenvalue weighted by atomic mass is 28.3. The summed E-state index contributed by atoms with van der Waals surface area (Å²) in [7, 11) is -2.94. The maximum Gasteiger partial charge on any atom is 0.179 e. The molecular formula is C66H47N3Si. The Morgan fingerprint density at radius 2 is 0.771 bits per heavy atom. The fourth-order valence-corrected chi connectivity index (χ4v) is 16.9. The minimum absolute atomic E-state index is 1.03. The first-order valence-electron chi connectivity index (χ1n) is 24.5. The molecule has 70 heavy (non-hydrogen) atoms. The zero-order valence-corrected chi connectivity index (χ0v) is 39.6. The van der Waals surface area contributed by atoms with Gasteiger partial charge in [0.25, 0.3) is 0 Å². The molecule has 1 aliphatic carbocycles. The average Bonchev–Trinajstić information content (AvgIpc) is 4.08. The molecule has 10 aromatic carbocycles. The molecule has 0 atom stereocenters. The van der Waals surface area contributed by atoms with Crippen molar-refractivity contribution in [2.75, 3.05) is 0 Å². The Labute approximate surface area is 408 Å². The summed E-state index contributed by atoms with van der Waals surface area (Å²) in [5.41, 5.74) is 14.8. The molecule has 3 heterocycles. The van der Waals surface area contributed by atoms with Crippen LogP contribution in [0.3, 0.4) is 0 Å². The quantitative estimate of drug-likeness (QED) is 0.107. The molecule has 0 N–H and O–H groups in total. The standard InChI is InChI=1S/C66H47N3Si/c1-5-20-48(21-6-1)67-59-33-16-13-30-55(59)58-44-47(38-41-62(58)67)46-36-39-53(40-37-46)70(51-25-9-3-10-26-51,52-27-11-4-12-28-52)54-29-19-24-50(45-54)69-61-35-18-15-32-57(61)66-64(69)43-42-63-65(66)56-31-14-17-34-60(56)68(63)49-22-7-2-8-23-49/h1-15,17-32,34-45H,16,33H2. The number of rotatable bonds is 8. The number of hydrogen-bond donors (Lipinski definition) is 0. The van der Waals surface area contributed by atoms with Gasteiger partial charge in [0.1, 0.15) is 0 Å². The second-order valence-corrected chi connectivity index (χ2v) is 22.5. The van der Waals surface area contributed by atoms with Gasteiger partial charge in [-0.2, -0.15) is 0 Å². The molecule has 0 bridgehead atoms. The zero-order valence-electron chi connectivity index (χ0n) is 38.6. The maximum atomic E-state index is 2.51. The smallest absolute Gasteiger partial charge is 0.179 e. The molecule has 0 spiro atoms. The lowest BCUT2D eigenvalue weighted by Crippen LogP contribution is -2.74. The molecule has 0 fully saturated rings. The van der Waals surface area contributed by atoms with Crippen LogP contribution in [0.2, 0.25) is 0 Å². The highest BCUT2D eigenvalue weighted by Gasteiger charge is 2.41. The summed E-state index contributed by atoms with van der Waals surface area (Å²) in [5.74, 6) is 0. The summed E-state index contributed by atoms with van der Waals surface area (Å²) in [5, 5.41) is 11.8. The van der Waals surface area contributed by atoms with Crippen molar-refractivity contribution in [3.05, 3.63) is 266 Å². The van der Waals surface area contributed by atoms with Crippen LogP contribution in [-0.4, -0.2) is 21.8 Å². The van der Waals surface area contributed by atoms with E-state index < -0.39 is 8.07 Å². The van der Waals surface area contributed by atoms with Crippen LogP contribution in [0, 0.1) is 0 Å². The Hall–Kier alpha value is -8.70. The van der Waals surface area contributed by atoms with Crippen LogP contribution in [0.25, 0.3) is 88.8 Å². The van der Waals surface area contributed by atoms with E-state index in [4.69, 9.17) is 0 Å². The molecule has 0 amide bonds. The van der Waals surface area contributed by atoms with E-state index in [2.05, 4.69) is 275 Å². The first kappa shape index (κ1) is 40.4. The van der Waals surface area contributed by atoms with Crippen LogP contribution in [0.5, 0.6) is 0 Å². The number of hydrogen-bond acceptors (Lipinski definition) is 0. The highest BCUT2D eigenvalue weighted by molar-refractivity contribution is 7.19. The molecule has 3 nitrogen and oxygen atoms in total. The van der Waals surface area contributed by atoms with Crippen molar-refractivity contribution >= 4 is 89.4 Å². The minimum Gasteiger partial charge on any atom is -0.313 e. The normalized spacial score (nSPS) is 12.7. The van der Waals surface area contributed by atoms with E-state index in [0.717, 1.165) is 24.2 Å². The minimum atomic E-state index is -2.94. The van der Waals surface area contributed by atoms with Gasteiger partial charge in [0.2, 0.25) is 0 Å². The lowest BCUT2D eigenvalue weighted by Gasteiger charge is -2.35. The van der Waals surface area contributed by atoms with Crippen LogP contribution in [-0.2, 0) is 6.42 Å². The van der Waals surface area contributed by atoms with Gasteiger partial charge in [-0.15, -0.1) is 0 Å². The lowest BCUT2D eigenvalue weighted by atomic mass is 9.99. The molecule has 0 aliphatic heterocycles. The van der Waals surface area contributed by atoms with E-state index in [0.29, 0.717) is 0 Å². The second-order valence-electron chi connectivity index (χ2n) is 18.7. The van der Waals surface area contributed by atoms with Crippen LogP contribution >= 0.6 is 0 Å². The number of allylic oxidation sites excluding steroid dienone is 1. The first-order chi connectivity index (χ1) is 34.8. The second kappa shape index (κ2) is 16.2. The van der Waals surface area contributed by atoms with E-state index >= 15 is 0 Å². The third-order valence-electron chi connectivity index (χ3n) is 15.0. The van der Waals surface area contributed by atoms with Gasteiger partial charge in [-0.3, -0.25) is 0 Å².